The molecule has 0 aromatic heterocycles. The van der Waals surface area contributed by atoms with Gasteiger partial charge in [-0.2, -0.15) is 0 Å². The highest BCUT2D eigenvalue weighted by molar-refractivity contribution is 6.40. The molecule has 3 aromatic rings. The van der Waals surface area contributed by atoms with Gasteiger partial charge in [-0.15, -0.1) is 0 Å². The number of benzene rings is 3. The maximum atomic E-state index is 14.0. The Morgan fingerprint density at radius 1 is 1.00 bits per heavy atom. The van der Waals surface area contributed by atoms with E-state index in [0.717, 1.165) is 16.0 Å². The van der Waals surface area contributed by atoms with Crippen LogP contribution in [0.1, 0.15) is 22.3 Å². The molecule has 9 heteroatoms. The first-order valence-electron chi connectivity index (χ1n) is 10.5. The van der Waals surface area contributed by atoms with Crippen LogP contribution in [-0.2, 0) is 16.2 Å². The number of nitrogens with zero attached hydrogens (tertiary/aromatic N) is 1. The van der Waals surface area contributed by atoms with Crippen LogP contribution in [0.15, 0.2) is 60.2 Å². The third-order valence-electron chi connectivity index (χ3n) is 5.52. The molecule has 35 heavy (non-hydrogen) atoms. The van der Waals surface area contributed by atoms with Gasteiger partial charge in [-0.25, -0.2) is 14.1 Å². The standard InChI is InChI=1S/C26H19Cl2FN2O4/c1-14-7-8-19(9-15(14)2)31-25(33)20(24(32)30-26(31)34)11-17-10-18(27)12-21(28)23(17)35-13-16-5-3-4-6-22(16)29/h3-12H,13H2,1-2H3,(H,30,32,34)/b20-11+. The fourth-order valence-corrected chi connectivity index (χ4v) is 4.08. The number of aryl methyl sites for hydroxylation is 2. The predicted octanol–water partition coefficient (Wildman–Crippen LogP) is 5.99. The van der Waals surface area contributed by atoms with Crippen LogP contribution in [0.2, 0.25) is 10.0 Å². The van der Waals surface area contributed by atoms with E-state index >= 15 is 0 Å². The van der Waals surface area contributed by atoms with E-state index in [4.69, 9.17) is 27.9 Å². The first kappa shape index (κ1) is 24.4. The summed E-state index contributed by atoms with van der Waals surface area (Å²) < 4.78 is 19.8. The van der Waals surface area contributed by atoms with Crippen molar-refractivity contribution in [1.82, 2.24) is 5.32 Å². The van der Waals surface area contributed by atoms with Gasteiger partial charge in [0.25, 0.3) is 11.8 Å². The summed E-state index contributed by atoms with van der Waals surface area (Å²) in [5.41, 5.74) is 2.35. The number of halogens is 3. The largest absolute Gasteiger partial charge is 0.487 e. The van der Waals surface area contributed by atoms with Crippen molar-refractivity contribution in [2.45, 2.75) is 20.5 Å². The van der Waals surface area contributed by atoms with Crippen LogP contribution in [-0.4, -0.2) is 17.8 Å². The molecular formula is C26H19Cl2FN2O4. The molecule has 0 bridgehead atoms. The summed E-state index contributed by atoms with van der Waals surface area (Å²) in [6.07, 6.45) is 1.24. The Morgan fingerprint density at radius 3 is 2.46 bits per heavy atom. The maximum absolute atomic E-state index is 14.0. The summed E-state index contributed by atoms with van der Waals surface area (Å²) in [6.45, 7) is 3.59. The summed E-state index contributed by atoms with van der Waals surface area (Å²) >= 11 is 12.5. The van der Waals surface area contributed by atoms with E-state index in [1.165, 1.54) is 24.3 Å². The van der Waals surface area contributed by atoms with Gasteiger partial charge in [-0.05, 0) is 61.4 Å². The molecule has 1 fully saturated rings. The van der Waals surface area contributed by atoms with Crippen molar-refractivity contribution in [2.24, 2.45) is 0 Å². The van der Waals surface area contributed by atoms with Gasteiger partial charge >= 0.3 is 6.03 Å². The van der Waals surface area contributed by atoms with Crippen molar-refractivity contribution in [3.05, 3.63) is 98.3 Å². The Balaban J connectivity index is 1.73. The molecule has 1 N–H and O–H groups in total. The molecule has 1 saturated heterocycles. The predicted molar refractivity (Wildman–Crippen MR) is 132 cm³/mol. The molecule has 0 radical (unpaired) electrons. The van der Waals surface area contributed by atoms with Crippen molar-refractivity contribution < 1.29 is 23.5 Å². The highest BCUT2D eigenvalue weighted by Gasteiger charge is 2.37. The zero-order chi connectivity index (χ0) is 25.3. The van der Waals surface area contributed by atoms with Crippen LogP contribution in [0.5, 0.6) is 5.75 Å². The van der Waals surface area contributed by atoms with Crippen LogP contribution in [0.4, 0.5) is 14.9 Å². The molecule has 0 spiro atoms. The molecule has 3 aromatic carbocycles. The van der Waals surface area contributed by atoms with Gasteiger partial charge in [0, 0.05) is 16.1 Å². The minimum Gasteiger partial charge on any atom is -0.487 e. The molecular weight excluding hydrogens is 494 g/mol. The van der Waals surface area contributed by atoms with Crippen LogP contribution >= 0.6 is 23.2 Å². The van der Waals surface area contributed by atoms with Crippen molar-refractivity contribution >= 4 is 52.8 Å². The zero-order valence-electron chi connectivity index (χ0n) is 18.7. The molecule has 6 nitrogen and oxygen atoms in total. The van der Waals surface area contributed by atoms with Crippen molar-refractivity contribution in [3.8, 4) is 5.75 Å². The average molecular weight is 513 g/mol. The fourth-order valence-electron chi connectivity index (χ4n) is 3.52. The van der Waals surface area contributed by atoms with Crippen LogP contribution in [0.25, 0.3) is 6.08 Å². The highest BCUT2D eigenvalue weighted by Crippen LogP contribution is 2.35. The highest BCUT2D eigenvalue weighted by atomic mass is 35.5. The van der Waals surface area contributed by atoms with Gasteiger partial charge in [0.2, 0.25) is 0 Å². The quantitative estimate of drug-likeness (QED) is 0.336. The Hall–Kier alpha value is -3.68. The van der Waals surface area contributed by atoms with Crippen molar-refractivity contribution in [1.29, 1.82) is 0 Å². The maximum Gasteiger partial charge on any atom is 0.335 e. The molecule has 0 aliphatic carbocycles. The Kier molecular flexibility index (Phi) is 6.91. The molecule has 178 valence electrons. The lowest BCUT2D eigenvalue weighted by atomic mass is 10.0. The zero-order valence-corrected chi connectivity index (χ0v) is 20.2. The topological polar surface area (TPSA) is 75.7 Å². The van der Waals surface area contributed by atoms with E-state index in [1.54, 1.807) is 36.4 Å². The second-order valence-electron chi connectivity index (χ2n) is 7.91. The number of barbiturate groups is 1. The normalized spacial score (nSPS) is 14.9. The van der Waals surface area contributed by atoms with Crippen LogP contribution in [0, 0.1) is 19.7 Å². The third kappa shape index (κ3) is 5.06. The van der Waals surface area contributed by atoms with E-state index in [1.807, 2.05) is 13.8 Å². The van der Waals surface area contributed by atoms with E-state index < -0.39 is 23.7 Å². The number of imide groups is 2. The number of amides is 4. The van der Waals surface area contributed by atoms with Gasteiger partial charge in [0.15, 0.2) is 0 Å². The minimum atomic E-state index is -0.878. The number of rotatable bonds is 5. The number of hydrogen-bond acceptors (Lipinski definition) is 4. The average Bonchev–Trinajstić information content (AvgIpc) is 2.79. The van der Waals surface area contributed by atoms with Gasteiger partial charge in [-0.3, -0.25) is 14.9 Å². The number of carbonyl (C=O) groups excluding carboxylic acids is 3. The molecule has 1 aliphatic heterocycles. The second-order valence-corrected chi connectivity index (χ2v) is 8.76. The van der Waals surface area contributed by atoms with Crippen LogP contribution < -0.4 is 15.0 Å². The first-order valence-corrected chi connectivity index (χ1v) is 11.2. The summed E-state index contributed by atoms with van der Waals surface area (Å²) in [7, 11) is 0. The number of anilines is 1. The minimum absolute atomic E-state index is 0.0991. The lowest BCUT2D eigenvalue weighted by Crippen LogP contribution is -2.54. The SMILES string of the molecule is Cc1ccc(N2C(=O)NC(=O)/C(=C\c3cc(Cl)cc(Cl)c3OCc3ccccc3F)C2=O)cc1C. The molecule has 0 saturated carbocycles. The Bertz CT molecular complexity index is 1400. The van der Waals surface area contributed by atoms with E-state index in [0.29, 0.717) is 5.69 Å². The fraction of sp³-hybridized carbons (Fsp3) is 0.115. The molecule has 4 rings (SSSR count). The van der Waals surface area contributed by atoms with E-state index in [2.05, 4.69) is 5.32 Å². The van der Waals surface area contributed by atoms with Gasteiger partial charge < -0.3 is 4.74 Å². The molecule has 0 unspecified atom stereocenters. The van der Waals surface area contributed by atoms with Gasteiger partial charge in [-0.1, -0.05) is 47.5 Å². The lowest BCUT2D eigenvalue weighted by Gasteiger charge is -2.27. The Labute approximate surface area is 210 Å². The van der Waals surface area contributed by atoms with E-state index in [9.17, 15) is 18.8 Å². The molecule has 4 amide bonds. The van der Waals surface area contributed by atoms with E-state index in [-0.39, 0.29) is 39.1 Å². The van der Waals surface area contributed by atoms with Crippen molar-refractivity contribution in [2.75, 3.05) is 4.90 Å². The lowest BCUT2D eigenvalue weighted by molar-refractivity contribution is -0.122. The number of urea groups is 1. The molecule has 0 atom stereocenters. The summed E-state index contributed by atoms with van der Waals surface area (Å²) in [5, 5.41) is 2.51. The molecule has 1 aliphatic rings. The summed E-state index contributed by atoms with van der Waals surface area (Å²) in [6, 6.07) is 13.2. The number of ether oxygens (including phenoxy) is 1. The number of hydrogen-bond donors (Lipinski definition) is 1. The molecule has 1 heterocycles. The summed E-state index contributed by atoms with van der Waals surface area (Å²) in [5.74, 6) is -2.06. The smallest absolute Gasteiger partial charge is 0.335 e. The number of nitrogens with one attached hydrogen (secondary N) is 1. The second kappa shape index (κ2) is 9.90. The Morgan fingerprint density at radius 2 is 1.74 bits per heavy atom. The monoisotopic (exact) mass is 512 g/mol. The number of carbonyl (C=O) groups is 3. The van der Waals surface area contributed by atoms with Gasteiger partial charge in [0.05, 0.1) is 10.7 Å². The van der Waals surface area contributed by atoms with Crippen molar-refractivity contribution in [3.63, 3.8) is 0 Å². The van der Waals surface area contributed by atoms with Crippen LogP contribution in [0.3, 0.4) is 0 Å². The first-order chi connectivity index (χ1) is 16.7. The van der Waals surface area contributed by atoms with Gasteiger partial charge in [0.1, 0.15) is 23.7 Å². The third-order valence-corrected chi connectivity index (χ3v) is 6.02. The summed E-state index contributed by atoms with van der Waals surface area (Å²) in [4.78, 5) is 39.3.